The molecule has 2 rings (SSSR count). The van der Waals surface area contributed by atoms with Crippen LogP contribution in [0.25, 0.3) is 0 Å². The van der Waals surface area contributed by atoms with Crippen LogP contribution in [0, 0.1) is 6.92 Å². The Kier molecular flexibility index (Phi) is 3.86. The van der Waals surface area contributed by atoms with Gasteiger partial charge in [-0.2, -0.15) is 18.2 Å². The van der Waals surface area contributed by atoms with Crippen LogP contribution in [0.3, 0.4) is 0 Å². The summed E-state index contributed by atoms with van der Waals surface area (Å²) in [6.45, 7) is 3.38. The van der Waals surface area contributed by atoms with Crippen LogP contribution in [0.5, 0.6) is 0 Å². The van der Waals surface area contributed by atoms with Crippen molar-refractivity contribution in [3.8, 4) is 0 Å². The van der Waals surface area contributed by atoms with Crippen molar-refractivity contribution in [3.05, 3.63) is 11.7 Å². The Morgan fingerprint density at radius 3 is 2.28 bits per heavy atom. The highest BCUT2D eigenvalue weighted by Crippen LogP contribution is 2.17. The number of hydrogen-bond donors (Lipinski definition) is 0. The molecule has 1 saturated heterocycles. The molecular weight excluding hydrogens is 249 g/mol. The molecule has 102 valence electrons. The molecule has 0 N–H and O–H groups in total. The third-order valence-electron chi connectivity index (χ3n) is 2.80. The van der Waals surface area contributed by atoms with Crippen molar-refractivity contribution in [3.63, 3.8) is 0 Å². The smallest absolute Gasteiger partial charge is 0.338 e. The van der Waals surface area contributed by atoms with E-state index < -0.39 is 12.7 Å². The fourth-order valence-electron chi connectivity index (χ4n) is 1.95. The molecule has 0 atom stereocenters. The maximum Gasteiger partial charge on any atom is 0.401 e. The van der Waals surface area contributed by atoms with E-state index in [1.54, 1.807) is 6.92 Å². The molecule has 0 aromatic carbocycles. The molecular formula is C10H15F3N4O. The van der Waals surface area contributed by atoms with Crippen LogP contribution < -0.4 is 0 Å². The van der Waals surface area contributed by atoms with Gasteiger partial charge in [-0.1, -0.05) is 5.16 Å². The van der Waals surface area contributed by atoms with Gasteiger partial charge in [0.2, 0.25) is 5.89 Å². The summed E-state index contributed by atoms with van der Waals surface area (Å²) in [5, 5.41) is 3.67. The van der Waals surface area contributed by atoms with Gasteiger partial charge in [-0.3, -0.25) is 9.80 Å². The number of halogens is 3. The second-order valence-electron chi connectivity index (χ2n) is 4.40. The first-order chi connectivity index (χ1) is 8.42. The fourth-order valence-corrected chi connectivity index (χ4v) is 1.95. The molecule has 0 aliphatic carbocycles. The molecule has 0 amide bonds. The first kappa shape index (κ1) is 13.3. The van der Waals surface area contributed by atoms with Crippen molar-refractivity contribution in [2.24, 2.45) is 0 Å². The Labute approximate surface area is 103 Å². The number of aryl methyl sites for hydroxylation is 1. The summed E-state index contributed by atoms with van der Waals surface area (Å²) >= 11 is 0. The second-order valence-corrected chi connectivity index (χ2v) is 4.40. The molecule has 0 spiro atoms. The standard InChI is InChI=1S/C10H15F3N4O/c1-8-14-9(18-15-8)6-16-2-4-17(5-3-16)7-10(11,12)13/h2-7H2,1H3. The van der Waals surface area contributed by atoms with E-state index in [4.69, 9.17) is 4.52 Å². The zero-order valence-corrected chi connectivity index (χ0v) is 10.1. The first-order valence-corrected chi connectivity index (χ1v) is 5.73. The molecule has 1 aliphatic heterocycles. The molecule has 18 heavy (non-hydrogen) atoms. The average molecular weight is 264 g/mol. The van der Waals surface area contributed by atoms with E-state index in [-0.39, 0.29) is 0 Å². The van der Waals surface area contributed by atoms with Crippen LogP contribution in [0.1, 0.15) is 11.7 Å². The van der Waals surface area contributed by atoms with E-state index in [2.05, 4.69) is 10.1 Å². The summed E-state index contributed by atoms with van der Waals surface area (Å²) in [5.41, 5.74) is 0. The largest absolute Gasteiger partial charge is 0.401 e. The lowest BCUT2D eigenvalue weighted by molar-refractivity contribution is -0.149. The van der Waals surface area contributed by atoms with Crippen LogP contribution in [-0.4, -0.2) is 58.8 Å². The predicted molar refractivity (Wildman–Crippen MR) is 56.8 cm³/mol. The fraction of sp³-hybridized carbons (Fsp3) is 0.800. The van der Waals surface area contributed by atoms with Crippen LogP contribution in [0.15, 0.2) is 4.52 Å². The molecule has 2 heterocycles. The van der Waals surface area contributed by atoms with Gasteiger partial charge in [-0.15, -0.1) is 0 Å². The van der Waals surface area contributed by atoms with Crippen molar-refractivity contribution in [2.45, 2.75) is 19.6 Å². The highest BCUT2D eigenvalue weighted by atomic mass is 19.4. The Balaban J connectivity index is 1.77. The monoisotopic (exact) mass is 264 g/mol. The Bertz CT molecular complexity index is 385. The van der Waals surface area contributed by atoms with Crippen LogP contribution >= 0.6 is 0 Å². The zero-order chi connectivity index (χ0) is 13.2. The summed E-state index contributed by atoms with van der Waals surface area (Å²) in [7, 11) is 0. The molecule has 0 saturated carbocycles. The van der Waals surface area contributed by atoms with Crippen molar-refractivity contribution in [2.75, 3.05) is 32.7 Å². The lowest BCUT2D eigenvalue weighted by Gasteiger charge is -2.34. The summed E-state index contributed by atoms with van der Waals surface area (Å²) < 4.78 is 41.6. The third kappa shape index (κ3) is 3.95. The second kappa shape index (κ2) is 5.23. The summed E-state index contributed by atoms with van der Waals surface area (Å²) in [5.74, 6) is 1.08. The number of nitrogens with zero attached hydrogens (tertiary/aromatic N) is 4. The number of rotatable bonds is 3. The van der Waals surface area contributed by atoms with Crippen molar-refractivity contribution in [1.29, 1.82) is 0 Å². The molecule has 0 bridgehead atoms. The van der Waals surface area contributed by atoms with Crippen molar-refractivity contribution < 1.29 is 17.7 Å². The van der Waals surface area contributed by atoms with E-state index in [9.17, 15) is 13.2 Å². The number of aromatic nitrogens is 2. The van der Waals surface area contributed by atoms with Gasteiger partial charge in [0.15, 0.2) is 5.82 Å². The summed E-state index contributed by atoms with van der Waals surface area (Å²) in [4.78, 5) is 7.50. The van der Waals surface area contributed by atoms with Gasteiger partial charge in [-0.05, 0) is 6.92 Å². The molecule has 8 heteroatoms. The predicted octanol–water partition coefficient (Wildman–Crippen LogP) is 1.06. The molecule has 1 aromatic rings. The van der Waals surface area contributed by atoms with E-state index in [1.165, 1.54) is 4.90 Å². The lowest BCUT2D eigenvalue weighted by Crippen LogP contribution is -2.48. The van der Waals surface area contributed by atoms with Gasteiger partial charge in [0, 0.05) is 26.2 Å². The first-order valence-electron chi connectivity index (χ1n) is 5.73. The molecule has 1 aromatic heterocycles. The summed E-state index contributed by atoms with van der Waals surface area (Å²) in [6, 6.07) is 0. The van der Waals surface area contributed by atoms with Gasteiger partial charge in [0.1, 0.15) is 0 Å². The maximum absolute atomic E-state index is 12.2. The molecule has 1 aliphatic rings. The molecule has 5 nitrogen and oxygen atoms in total. The van der Waals surface area contributed by atoms with E-state index in [1.807, 2.05) is 4.90 Å². The topological polar surface area (TPSA) is 45.4 Å². The maximum atomic E-state index is 12.2. The molecule has 0 radical (unpaired) electrons. The van der Waals surface area contributed by atoms with E-state index in [0.717, 1.165) is 0 Å². The summed E-state index contributed by atoms with van der Waals surface area (Å²) in [6.07, 6.45) is -4.12. The Morgan fingerprint density at radius 2 is 1.78 bits per heavy atom. The van der Waals surface area contributed by atoms with Crippen LogP contribution in [0.4, 0.5) is 13.2 Å². The van der Waals surface area contributed by atoms with Crippen molar-refractivity contribution in [1.82, 2.24) is 19.9 Å². The van der Waals surface area contributed by atoms with E-state index >= 15 is 0 Å². The quantitative estimate of drug-likeness (QED) is 0.816. The van der Waals surface area contributed by atoms with Gasteiger partial charge < -0.3 is 4.52 Å². The minimum atomic E-state index is -4.12. The van der Waals surface area contributed by atoms with E-state index in [0.29, 0.717) is 44.4 Å². The Morgan fingerprint density at radius 1 is 1.17 bits per heavy atom. The van der Waals surface area contributed by atoms with Gasteiger partial charge in [0.05, 0.1) is 13.1 Å². The zero-order valence-electron chi connectivity index (χ0n) is 10.1. The van der Waals surface area contributed by atoms with Crippen LogP contribution in [-0.2, 0) is 6.54 Å². The van der Waals surface area contributed by atoms with Gasteiger partial charge in [-0.25, -0.2) is 0 Å². The normalized spacial score (nSPS) is 19.3. The SMILES string of the molecule is Cc1noc(CN2CCN(CC(F)(F)F)CC2)n1. The van der Waals surface area contributed by atoms with Crippen molar-refractivity contribution >= 4 is 0 Å². The lowest BCUT2D eigenvalue weighted by atomic mass is 10.3. The molecule has 1 fully saturated rings. The average Bonchev–Trinajstić information content (AvgIpc) is 2.65. The highest BCUT2D eigenvalue weighted by Gasteiger charge is 2.32. The minimum Gasteiger partial charge on any atom is -0.338 e. The van der Waals surface area contributed by atoms with Gasteiger partial charge in [0.25, 0.3) is 0 Å². The highest BCUT2D eigenvalue weighted by molar-refractivity contribution is 4.84. The van der Waals surface area contributed by atoms with Crippen LogP contribution in [0.2, 0.25) is 0 Å². The number of alkyl halides is 3. The number of piperazine rings is 1. The van der Waals surface area contributed by atoms with Gasteiger partial charge >= 0.3 is 6.18 Å². The minimum absolute atomic E-state index is 0.409. The Hall–Kier alpha value is -1.15. The third-order valence-corrected chi connectivity index (χ3v) is 2.80. The number of hydrogen-bond acceptors (Lipinski definition) is 5. The molecule has 0 unspecified atom stereocenters.